The van der Waals surface area contributed by atoms with Gasteiger partial charge < -0.3 is 0 Å². The molecule has 0 spiro atoms. The Labute approximate surface area is 61.2 Å². The summed E-state index contributed by atoms with van der Waals surface area (Å²) in [6.07, 6.45) is 3.90. The van der Waals surface area contributed by atoms with Gasteiger partial charge in [0.15, 0.2) is 0 Å². The van der Waals surface area contributed by atoms with Gasteiger partial charge in [-0.25, -0.2) is 0 Å². The summed E-state index contributed by atoms with van der Waals surface area (Å²) in [4.78, 5) is 0. The average Bonchev–Trinajstić information content (AvgIpc) is 2.15. The second kappa shape index (κ2) is 2.69. The number of aromatic nitrogens is 2. The minimum Gasteiger partial charge on any atom is -0.269 e. The fraction of sp³-hybridized carbons (Fsp3) is 0.375. The molecule has 1 aromatic heterocycles. The summed E-state index contributed by atoms with van der Waals surface area (Å²) in [7, 11) is 1.94. The van der Waals surface area contributed by atoms with Gasteiger partial charge >= 0.3 is 0 Å². The second-order valence-electron chi connectivity index (χ2n) is 2.60. The molecule has 0 aliphatic rings. The first kappa shape index (κ1) is 7.06. The molecule has 0 bridgehead atoms. The molecular weight excluding hydrogens is 124 g/mol. The molecule has 0 amide bonds. The molecule has 0 unspecified atom stereocenters. The third-order valence-corrected chi connectivity index (χ3v) is 1.30. The lowest BCUT2D eigenvalue weighted by atomic mass is 10.3. The highest BCUT2D eigenvalue weighted by Crippen LogP contribution is 2.02. The smallest absolute Gasteiger partial charge is 0.0605 e. The molecule has 2 nitrogen and oxygen atoms in total. The standard InChI is InChI=1S/C8H12N2/c1-7(2)6-8-4-5-9-10(8)3/h4-6H,1-3H3. The first-order valence-electron chi connectivity index (χ1n) is 3.33. The molecule has 1 aromatic rings. The first-order valence-corrected chi connectivity index (χ1v) is 3.33. The number of hydrogen-bond donors (Lipinski definition) is 0. The lowest BCUT2D eigenvalue weighted by Crippen LogP contribution is -1.91. The summed E-state index contributed by atoms with van der Waals surface area (Å²) in [5.74, 6) is 0. The minimum absolute atomic E-state index is 1.15. The van der Waals surface area contributed by atoms with Crippen molar-refractivity contribution in [3.63, 3.8) is 0 Å². The Morgan fingerprint density at radius 3 is 2.70 bits per heavy atom. The maximum absolute atomic E-state index is 4.04. The molecule has 0 aliphatic carbocycles. The zero-order valence-electron chi connectivity index (χ0n) is 6.63. The Balaban J connectivity index is 2.95. The summed E-state index contributed by atoms with van der Waals surface area (Å²) in [5.41, 5.74) is 2.45. The van der Waals surface area contributed by atoms with E-state index in [2.05, 4.69) is 25.0 Å². The number of aryl methyl sites for hydroxylation is 1. The van der Waals surface area contributed by atoms with Crippen molar-refractivity contribution in [2.45, 2.75) is 13.8 Å². The third kappa shape index (κ3) is 1.47. The normalized spacial score (nSPS) is 9.50. The number of allylic oxidation sites excluding steroid dienone is 1. The van der Waals surface area contributed by atoms with Gasteiger partial charge in [0.1, 0.15) is 0 Å². The highest BCUT2D eigenvalue weighted by Gasteiger charge is 1.90. The van der Waals surface area contributed by atoms with Crippen LogP contribution in [0, 0.1) is 0 Å². The molecule has 0 atom stereocenters. The maximum atomic E-state index is 4.04. The van der Waals surface area contributed by atoms with E-state index in [9.17, 15) is 0 Å². The van der Waals surface area contributed by atoms with Gasteiger partial charge in [0.2, 0.25) is 0 Å². The van der Waals surface area contributed by atoms with Crippen molar-refractivity contribution >= 4 is 6.08 Å². The van der Waals surface area contributed by atoms with E-state index in [0.717, 1.165) is 5.69 Å². The molecule has 0 radical (unpaired) electrons. The van der Waals surface area contributed by atoms with E-state index in [4.69, 9.17) is 0 Å². The minimum atomic E-state index is 1.15. The van der Waals surface area contributed by atoms with E-state index in [1.54, 1.807) is 6.20 Å². The van der Waals surface area contributed by atoms with Gasteiger partial charge in [-0.3, -0.25) is 4.68 Å². The molecule has 1 heterocycles. The second-order valence-corrected chi connectivity index (χ2v) is 2.60. The SMILES string of the molecule is CC(C)=Cc1ccnn1C. The van der Waals surface area contributed by atoms with E-state index in [0.29, 0.717) is 0 Å². The van der Waals surface area contributed by atoms with Crippen LogP contribution in [0.15, 0.2) is 17.8 Å². The lowest BCUT2D eigenvalue weighted by molar-refractivity contribution is 0.759. The van der Waals surface area contributed by atoms with Crippen LogP contribution in [0.1, 0.15) is 19.5 Å². The fourth-order valence-electron chi connectivity index (χ4n) is 0.822. The van der Waals surface area contributed by atoms with Gasteiger partial charge in [0, 0.05) is 13.2 Å². The summed E-state index contributed by atoms with van der Waals surface area (Å²) in [5, 5.41) is 4.04. The molecule has 0 aliphatic heterocycles. The maximum Gasteiger partial charge on any atom is 0.0605 e. The van der Waals surface area contributed by atoms with Crippen LogP contribution in [0.3, 0.4) is 0 Å². The zero-order chi connectivity index (χ0) is 7.56. The molecular formula is C8H12N2. The molecule has 0 aromatic carbocycles. The predicted octanol–water partition coefficient (Wildman–Crippen LogP) is 1.84. The Kier molecular flexibility index (Phi) is 1.90. The summed E-state index contributed by atoms with van der Waals surface area (Å²) in [6.45, 7) is 4.15. The van der Waals surface area contributed by atoms with E-state index < -0.39 is 0 Å². The van der Waals surface area contributed by atoms with Crippen molar-refractivity contribution in [3.8, 4) is 0 Å². The van der Waals surface area contributed by atoms with Crippen molar-refractivity contribution in [1.82, 2.24) is 9.78 Å². The number of hydrogen-bond acceptors (Lipinski definition) is 1. The van der Waals surface area contributed by atoms with Crippen LogP contribution >= 0.6 is 0 Å². The molecule has 0 N–H and O–H groups in total. The molecule has 10 heavy (non-hydrogen) atoms. The fourth-order valence-corrected chi connectivity index (χ4v) is 0.822. The first-order chi connectivity index (χ1) is 4.70. The van der Waals surface area contributed by atoms with Crippen LogP contribution in [-0.4, -0.2) is 9.78 Å². The van der Waals surface area contributed by atoms with Gasteiger partial charge in [-0.05, 0) is 26.0 Å². The van der Waals surface area contributed by atoms with E-state index in [-0.39, 0.29) is 0 Å². The summed E-state index contributed by atoms with van der Waals surface area (Å²) < 4.78 is 1.85. The van der Waals surface area contributed by atoms with E-state index in [1.807, 2.05) is 17.8 Å². The average molecular weight is 136 g/mol. The van der Waals surface area contributed by atoms with Crippen molar-refractivity contribution in [1.29, 1.82) is 0 Å². The van der Waals surface area contributed by atoms with Crippen molar-refractivity contribution in [3.05, 3.63) is 23.5 Å². The van der Waals surface area contributed by atoms with Crippen LogP contribution in [0.2, 0.25) is 0 Å². The largest absolute Gasteiger partial charge is 0.269 e. The molecule has 2 heteroatoms. The van der Waals surface area contributed by atoms with Crippen molar-refractivity contribution < 1.29 is 0 Å². The topological polar surface area (TPSA) is 17.8 Å². The van der Waals surface area contributed by atoms with E-state index >= 15 is 0 Å². The van der Waals surface area contributed by atoms with Gasteiger partial charge in [-0.15, -0.1) is 0 Å². The summed E-state index contributed by atoms with van der Waals surface area (Å²) >= 11 is 0. The monoisotopic (exact) mass is 136 g/mol. The van der Waals surface area contributed by atoms with Gasteiger partial charge in [-0.2, -0.15) is 5.10 Å². The predicted molar refractivity (Wildman–Crippen MR) is 42.5 cm³/mol. The van der Waals surface area contributed by atoms with Crippen LogP contribution in [0.5, 0.6) is 0 Å². The van der Waals surface area contributed by atoms with Gasteiger partial charge in [-0.1, -0.05) is 5.57 Å². The Morgan fingerprint density at radius 2 is 2.30 bits per heavy atom. The molecule has 0 saturated heterocycles. The molecule has 1 rings (SSSR count). The Morgan fingerprint density at radius 1 is 1.60 bits per heavy atom. The molecule has 0 fully saturated rings. The van der Waals surface area contributed by atoms with Crippen molar-refractivity contribution in [2.24, 2.45) is 7.05 Å². The van der Waals surface area contributed by atoms with Crippen LogP contribution in [-0.2, 0) is 7.05 Å². The van der Waals surface area contributed by atoms with E-state index in [1.165, 1.54) is 5.57 Å². The lowest BCUT2D eigenvalue weighted by Gasteiger charge is -1.93. The zero-order valence-corrected chi connectivity index (χ0v) is 6.63. The van der Waals surface area contributed by atoms with Crippen LogP contribution < -0.4 is 0 Å². The van der Waals surface area contributed by atoms with Gasteiger partial charge in [0.05, 0.1) is 5.69 Å². The number of rotatable bonds is 1. The summed E-state index contributed by atoms with van der Waals surface area (Å²) in [6, 6.07) is 1.99. The Bertz CT molecular complexity index is 242. The Hall–Kier alpha value is -1.05. The van der Waals surface area contributed by atoms with Crippen LogP contribution in [0.4, 0.5) is 0 Å². The highest BCUT2D eigenvalue weighted by atomic mass is 15.2. The third-order valence-electron chi connectivity index (χ3n) is 1.30. The molecule has 54 valence electrons. The van der Waals surface area contributed by atoms with Crippen LogP contribution in [0.25, 0.3) is 6.08 Å². The number of nitrogens with zero attached hydrogens (tertiary/aromatic N) is 2. The highest BCUT2D eigenvalue weighted by molar-refractivity contribution is 5.47. The molecule has 0 saturated carbocycles. The quantitative estimate of drug-likeness (QED) is 0.576. The van der Waals surface area contributed by atoms with Crippen molar-refractivity contribution in [2.75, 3.05) is 0 Å². The van der Waals surface area contributed by atoms with Gasteiger partial charge in [0.25, 0.3) is 0 Å².